The highest BCUT2D eigenvalue weighted by Gasteiger charge is 2.18. The van der Waals surface area contributed by atoms with Gasteiger partial charge in [0.1, 0.15) is 23.0 Å². The van der Waals surface area contributed by atoms with Gasteiger partial charge in [-0.05, 0) is 0 Å². The molecule has 1 aliphatic rings. The molecule has 2 N–H and O–H groups in total. The first kappa shape index (κ1) is 15.7. The number of morpholine rings is 1. The lowest BCUT2D eigenvalue weighted by molar-refractivity contribution is 0.122. The van der Waals surface area contributed by atoms with Crippen LogP contribution in [0.2, 0.25) is 0 Å². The lowest BCUT2D eigenvalue weighted by Gasteiger charge is -2.30. The standard InChI is InChI=1S/C14H20ClN3O3/c1-19-12-8-11(18-3-5-21-6-4-18)13(20-2)7-10(12)17-14(16)9-15/h7-8H,3-6,9H2,1-2H3,(H2,16,17). The molecule has 2 rings (SSSR count). The summed E-state index contributed by atoms with van der Waals surface area (Å²) in [5.41, 5.74) is 7.26. The van der Waals surface area contributed by atoms with Crippen LogP contribution in [-0.4, -0.2) is 52.2 Å². The molecular weight excluding hydrogens is 294 g/mol. The van der Waals surface area contributed by atoms with E-state index in [1.54, 1.807) is 14.2 Å². The molecule has 1 aromatic rings. The summed E-state index contributed by atoms with van der Waals surface area (Å²) in [6.07, 6.45) is 0. The van der Waals surface area contributed by atoms with Crippen molar-refractivity contribution < 1.29 is 14.2 Å². The minimum atomic E-state index is 0.163. The largest absolute Gasteiger partial charge is 0.494 e. The third-order valence-corrected chi connectivity index (χ3v) is 3.51. The molecule has 1 heterocycles. The zero-order chi connectivity index (χ0) is 15.2. The summed E-state index contributed by atoms with van der Waals surface area (Å²) >= 11 is 5.67. The molecule has 1 aliphatic heterocycles. The normalized spacial score (nSPS) is 16.0. The number of nitrogens with zero attached hydrogens (tertiary/aromatic N) is 2. The molecule has 0 aliphatic carbocycles. The number of anilines is 1. The Hall–Kier alpha value is -1.66. The van der Waals surface area contributed by atoms with E-state index in [0.717, 1.165) is 24.5 Å². The molecule has 0 spiro atoms. The molecule has 1 saturated heterocycles. The third kappa shape index (κ3) is 3.71. The summed E-state index contributed by atoms with van der Waals surface area (Å²) in [6, 6.07) is 3.72. The van der Waals surface area contributed by atoms with E-state index in [9.17, 15) is 0 Å². The van der Waals surface area contributed by atoms with Crippen molar-refractivity contribution in [2.75, 3.05) is 51.3 Å². The highest BCUT2D eigenvalue weighted by molar-refractivity contribution is 6.28. The minimum Gasteiger partial charge on any atom is -0.494 e. The van der Waals surface area contributed by atoms with Crippen molar-refractivity contribution in [3.05, 3.63) is 12.1 Å². The zero-order valence-electron chi connectivity index (χ0n) is 12.3. The summed E-state index contributed by atoms with van der Waals surface area (Å²) in [5.74, 6) is 1.84. The van der Waals surface area contributed by atoms with Crippen LogP contribution in [0.15, 0.2) is 17.1 Å². The molecule has 0 radical (unpaired) electrons. The Bertz CT molecular complexity index is 516. The Balaban J connectivity index is 2.42. The van der Waals surface area contributed by atoms with E-state index in [4.69, 9.17) is 31.5 Å². The SMILES string of the molecule is COc1cc(N2CCOCC2)c(OC)cc1N=C(N)CCl. The van der Waals surface area contributed by atoms with E-state index in [0.29, 0.717) is 30.5 Å². The van der Waals surface area contributed by atoms with Gasteiger partial charge in [0.2, 0.25) is 0 Å². The fourth-order valence-electron chi connectivity index (χ4n) is 2.19. The number of alkyl halides is 1. The molecule has 0 atom stereocenters. The van der Waals surface area contributed by atoms with Gasteiger partial charge in [0, 0.05) is 25.2 Å². The predicted molar refractivity (Wildman–Crippen MR) is 84.6 cm³/mol. The van der Waals surface area contributed by atoms with Gasteiger partial charge in [-0.2, -0.15) is 0 Å². The van der Waals surface area contributed by atoms with Crippen LogP contribution < -0.4 is 20.1 Å². The molecule has 1 aromatic carbocycles. The molecule has 6 nitrogen and oxygen atoms in total. The molecule has 1 fully saturated rings. The summed E-state index contributed by atoms with van der Waals surface area (Å²) in [6.45, 7) is 3.02. The molecule has 0 unspecified atom stereocenters. The summed E-state index contributed by atoms with van der Waals surface area (Å²) < 4.78 is 16.3. The van der Waals surface area contributed by atoms with Crippen molar-refractivity contribution in [2.24, 2.45) is 10.7 Å². The van der Waals surface area contributed by atoms with Crippen LogP contribution in [0.5, 0.6) is 11.5 Å². The van der Waals surface area contributed by atoms with Gasteiger partial charge in [0.25, 0.3) is 0 Å². The number of nitrogens with two attached hydrogens (primary N) is 1. The van der Waals surface area contributed by atoms with Crippen LogP contribution in [0.25, 0.3) is 0 Å². The van der Waals surface area contributed by atoms with Gasteiger partial charge < -0.3 is 24.8 Å². The van der Waals surface area contributed by atoms with E-state index in [1.807, 2.05) is 12.1 Å². The quantitative estimate of drug-likeness (QED) is 0.510. The van der Waals surface area contributed by atoms with Crippen molar-refractivity contribution in [3.8, 4) is 11.5 Å². The Morgan fingerprint density at radius 2 is 1.95 bits per heavy atom. The Morgan fingerprint density at radius 1 is 1.29 bits per heavy atom. The highest BCUT2D eigenvalue weighted by atomic mass is 35.5. The molecule has 0 bridgehead atoms. The van der Waals surface area contributed by atoms with Gasteiger partial charge in [-0.3, -0.25) is 0 Å². The first-order valence-corrected chi connectivity index (χ1v) is 7.20. The van der Waals surface area contributed by atoms with Gasteiger partial charge in [0.15, 0.2) is 0 Å². The Morgan fingerprint density at radius 3 is 2.52 bits per heavy atom. The number of benzene rings is 1. The number of ether oxygens (including phenoxy) is 3. The lowest BCUT2D eigenvalue weighted by Crippen LogP contribution is -2.36. The van der Waals surface area contributed by atoms with Crippen LogP contribution >= 0.6 is 11.6 Å². The highest BCUT2D eigenvalue weighted by Crippen LogP contribution is 2.40. The predicted octanol–water partition coefficient (Wildman–Crippen LogP) is 1.77. The first-order chi connectivity index (χ1) is 10.2. The average Bonchev–Trinajstić information content (AvgIpc) is 2.55. The van der Waals surface area contributed by atoms with Gasteiger partial charge in [0.05, 0.1) is 39.0 Å². The fourth-order valence-corrected chi connectivity index (χ4v) is 2.25. The van der Waals surface area contributed by atoms with Crippen LogP contribution in [0.1, 0.15) is 0 Å². The minimum absolute atomic E-state index is 0.163. The second-order valence-electron chi connectivity index (χ2n) is 4.53. The summed E-state index contributed by atoms with van der Waals surface area (Å²) in [7, 11) is 3.23. The Kier molecular flexibility index (Phi) is 5.52. The Labute approximate surface area is 129 Å². The maximum absolute atomic E-state index is 5.70. The van der Waals surface area contributed by atoms with Crippen LogP contribution in [0.3, 0.4) is 0 Å². The maximum atomic E-state index is 5.70. The maximum Gasteiger partial charge on any atom is 0.146 e. The van der Waals surface area contributed by atoms with E-state index < -0.39 is 0 Å². The van der Waals surface area contributed by atoms with Crippen LogP contribution in [-0.2, 0) is 4.74 Å². The van der Waals surface area contributed by atoms with E-state index in [2.05, 4.69) is 9.89 Å². The number of hydrogen-bond acceptors (Lipinski definition) is 5. The van der Waals surface area contributed by atoms with Crippen molar-refractivity contribution in [2.45, 2.75) is 0 Å². The third-order valence-electron chi connectivity index (χ3n) is 3.23. The summed E-state index contributed by atoms with van der Waals surface area (Å²) in [5, 5.41) is 0. The molecule has 116 valence electrons. The van der Waals surface area contributed by atoms with E-state index in [-0.39, 0.29) is 5.88 Å². The smallest absolute Gasteiger partial charge is 0.146 e. The van der Waals surface area contributed by atoms with Crippen molar-refractivity contribution in [1.82, 2.24) is 0 Å². The van der Waals surface area contributed by atoms with Crippen LogP contribution in [0.4, 0.5) is 11.4 Å². The topological polar surface area (TPSA) is 69.3 Å². The number of hydrogen-bond donors (Lipinski definition) is 1. The van der Waals surface area contributed by atoms with Gasteiger partial charge >= 0.3 is 0 Å². The molecule has 7 heteroatoms. The first-order valence-electron chi connectivity index (χ1n) is 6.67. The van der Waals surface area contributed by atoms with Crippen LogP contribution in [0, 0.1) is 0 Å². The van der Waals surface area contributed by atoms with Gasteiger partial charge in [-0.1, -0.05) is 0 Å². The molecule has 21 heavy (non-hydrogen) atoms. The van der Waals surface area contributed by atoms with Gasteiger partial charge in [-0.25, -0.2) is 4.99 Å². The number of amidine groups is 1. The second-order valence-corrected chi connectivity index (χ2v) is 4.80. The second kappa shape index (κ2) is 7.38. The number of rotatable bonds is 5. The molecular formula is C14H20ClN3O3. The molecule has 0 amide bonds. The zero-order valence-corrected chi connectivity index (χ0v) is 13.0. The van der Waals surface area contributed by atoms with E-state index in [1.165, 1.54) is 0 Å². The van der Waals surface area contributed by atoms with Crippen molar-refractivity contribution in [3.63, 3.8) is 0 Å². The number of halogens is 1. The molecule has 0 saturated carbocycles. The lowest BCUT2D eigenvalue weighted by atomic mass is 10.2. The van der Waals surface area contributed by atoms with E-state index >= 15 is 0 Å². The summed E-state index contributed by atoms with van der Waals surface area (Å²) in [4.78, 5) is 6.46. The molecule has 0 aromatic heterocycles. The van der Waals surface area contributed by atoms with Crippen molar-refractivity contribution in [1.29, 1.82) is 0 Å². The van der Waals surface area contributed by atoms with Gasteiger partial charge in [-0.15, -0.1) is 11.6 Å². The monoisotopic (exact) mass is 313 g/mol. The number of methoxy groups -OCH3 is 2. The average molecular weight is 314 g/mol. The van der Waals surface area contributed by atoms with Crippen molar-refractivity contribution >= 4 is 28.8 Å². The fraction of sp³-hybridized carbons (Fsp3) is 0.500. The number of aliphatic imine (C=N–C) groups is 1.